The van der Waals surface area contributed by atoms with Gasteiger partial charge in [0.1, 0.15) is 5.72 Å². The third-order valence-electron chi connectivity index (χ3n) is 5.09. The first-order valence-corrected chi connectivity index (χ1v) is 9.94. The van der Waals surface area contributed by atoms with E-state index < -0.39 is 22.1 Å². The van der Waals surface area contributed by atoms with E-state index in [0.717, 1.165) is 5.56 Å². The minimum atomic E-state index is -0.772. The number of carbonyl (C=O) groups is 1. The molecule has 4 nitrogen and oxygen atoms in total. The summed E-state index contributed by atoms with van der Waals surface area (Å²) < 4.78 is 5.09. The molecule has 0 aromatic heterocycles. The van der Waals surface area contributed by atoms with Crippen LogP contribution in [0.3, 0.4) is 0 Å². The predicted octanol–water partition coefficient (Wildman–Crippen LogP) is 5.01. The van der Waals surface area contributed by atoms with E-state index in [-0.39, 0.29) is 10.7 Å². The molecular weight excluding hydrogens is 346 g/mol. The van der Waals surface area contributed by atoms with Gasteiger partial charge in [-0.3, -0.25) is 9.69 Å². The lowest BCUT2D eigenvalue weighted by atomic mass is 9.78. The normalized spacial score (nSPS) is 22.7. The fourth-order valence-electron chi connectivity index (χ4n) is 3.77. The van der Waals surface area contributed by atoms with Crippen molar-refractivity contribution in [1.29, 1.82) is 0 Å². The second-order valence-electron chi connectivity index (χ2n) is 9.49. The number of aliphatic hydroxyl groups excluding tert-OH is 1. The van der Waals surface area contributed by atoms with Crippen LogP contribution in [0.5, 0.6) is 0 Å². The Morgan fingerprint density at radius 3 is 2.12 bits per heavy atom. The number of nitrogens with zero attached hydrogens (tertiary/aromatic N) is 1. The molecule has 1 heterocycles. The average Bonchev–Trinajstić information content (AvgIpc) is 2.74. The monoisotopic (exact) mass is 379 g/mol. The number of hydrogen-bond donors (Lipinski definition) is 1. The van der Waals surface area contributed by atoms with Crippen molar-refractivity contribution in [3.05, 3.63) is 35.9 Å². The molecule has 1 aromatic carbocycles. The summed E-state index contributed by atoms with van der Waals surface area (Å²) in [5.41, 5.74) is -0.489. The van der Waals surface area contributed by atoms with Gasteiger partial charge >= 0.3 is 0 Å². The lowest BCUT2D eigenvalue weighted by Gasteiger charge is -2.44. The van der Waals surface area contributed by atoms with Crippen molar-refractivity contribution < 1.29 is 14.6 Å². The van der Waals surface area contributed by atoms with Gasteiger partial charge in [0.15, 0.2) is 0 Å². The first-order chi connectivity index (χ1) is 11.7. The molecule has 0 unspecified atom stereocenters. The minimum Gasteiger partial charge on any atom is -0.391 e. The highest BCUT2D eigenvalue weighted by Crippen LogP contribution is 2.48. The molecule has 0 bridgehead atoms. The van der Waals surface area contributed by atoms with Crippen molar-refractivity contribution in [2.24, 2.45) is 5.41 Å². The van der Waals surface area contributed by atoms with Crippen molar-refractivity contribution in [2.45, 2.75) is 77.5 Å². The summed E-state index contributed by atoms with van der Waals surface area (Å²) in [6, 6.07) is 9.79. The molecule has 2 rings (SSSR count). The molecule has 2 atom stereocenters. The van der Waals surface area contributed by atoms with Gasteiger partial charge in [0.05, 0.1) is 23.0 Å². The Morgan fingerprint density at radius 1 is 1.15 bits per heavy atom. The Bertz CT molecular complexity index is 635. The average molecular weight is 380 g/mol. The van der Waals surface area contributed by atoms with Crippen LogP contribution in [-0.2, 0) is 9.48 Å². The summed E-state index contributed by atoms with van der Waals surface area (Å²) >= 11 is 1.19. The van der Waals surface area contributed by atoms with Crippen LogP contribution in [0.25, 0.3) is 0 Å². The Hall–Kier alpha value is -1.04. The number of benzene rings is 1. The van der Waals surface area contributed by atoms with Gasteiger partial charge in [-0.25, -0.2) is 0 Å². The fourth-order valence-corrected chi connectivity index (χ4v) is 5.41. The number of aliphatic hydroxyl groups is 1. The highest BCUT2D eigenvalue weighted by Gasteiger charge is 2.52. The number of thioether (sulfide) groups is 1. The van der Waals surface area contributed by atoms with Gasteiger partial charge in [-0.15, -0.1) is 0 Å². The van der Waals surface area contributed by atoms with Crippen molar-refractivity contribution in [2.75, 3.05) is 6.61 Å². The molecule has 26 heavy (non-hydrogen) atoms. The van der Waals surface area contributed by atoms with E-state index in [2.05, 4.69) is 0 Å². The zero-order valence-electron chi connectivity index (χ0n) is 17.3. The highest BCUT2D eigenvalue weighted by atomic mass is 32.2. The summed E-state index contributed by atoms with van der Waals surface area (Å²) in [5.74, 6) is 0. The van der Waals surface area contributed by atoms with Crippen LogP contribution in [0, 0.1) is 5.41 Å². The first-order valence-electron chi connectivity index (χ1n) is 9.13. The van der Waals surface area contributed by atoms with Crippen LogP contribution in [0.2, 0.25) is 0 Å². The van der Waals surface area contributed by atoms with Crippen molar-refractivity contribution in [1.82, 2.24) is 4.90 Å². The number of hydrogen-bond acceptors (Lipinski definition) is 4. The Balaban J connectivity index is 2.44. The van der Waals surface area contributed by atoms with E-state index in [0.29, 0.717) is 6.61 Å². The van der Waals surface area contributed by atoms with E-state index in [4.69, 9.17) is 4.74 Å². The summed E-state index contributed by atoms with van der Waals surface area (Å²) in [5, 5.41) is 11.1. The number of amides is 1. The number of carbonyl (C=O) groups excluding carboxylic acids is 1. The van der Waals surface area contributed by atoms with Crippen LogP contribution in [0.15, 0.2) is 30.3 Å². The zero-order chi connectivity index (χ0) is 20.0. The van der Waals surface area contributed by atoms with Crippen LogP contribution in [0.1, 0.15) is 61.0 Å². The molecule has 1 saturated heterocycles. The molecule has 1 amide bonds. The van der Waals surface area contributed by atoms with Crippen molar-refractivity contribution in [3.8, 4) is 0 Å². The standard InChI is InChI=1S/C21H33NO3S/c1-18(2,3)16(23)21(8,15-12-10-9-11-13-15)26-17(24)22-19(4,5)14-25-20(22,6)7/h9-13,16,23H,14H2,1-8H3/t16-,21+/m1/s1. The summed E-state index contributed by atoms with van der Waals surface area (Å²) in [6.45, 7) is 16.3. The second kappa shape index (κ2) is 6.84. The topological polar surface area (TPSA) is 49.8 Å². The maximum atomic E-state index is 13.4. The molecule has 1 fully saturated rings. The molecule has 1 N–H and O–H groups in total. The van der Waals surface area contributed by atoms with Crippen molar-refractivity contribution >= 4 is 17.0 Å². The molecule has 1 aromatic rings. The second-order valence-corrected chi connectivity index (χ2v) is 10.9. The third-order valence-corrected chi connectivity index (χ3v) is 6.33. The van der Waals surface area contributed by atoms with E-state index in [1.807, 2.05) is 85.7 Å². The van der Waals surface area contributed by atoms with Gasteiger partial charge < -0.3 is 9.84 Å². The van der Waals surface area contributed by atoms with E-state index in [1.54, 1.807) is 4.90 Å². The van der Waals surface area contributed by atoms with Gasteiger partial charge in [-0.1, -0.05) is 62.9 Å². The molecule has 0 spiro atoms. The summed E-state index contributed by atoms with van der Waals surface area (Å²) in [7, 11) is 0. The van der Waals surface area contributed by atoms with Crippen LogP contribution >= 0.6 is 11.8 Å². The number of rotatable bonds is 3. The quantitative estimate of drug-likeness (QED) is 0.802. The van der Waals surface area contributed by atoms with Gasteiger partial charge in [0.2, 0.25) is 0 Å². The Morgan fingerprint density at radius 2 is 1.69 bits per heavy atom. The highest BCUT2D eigenvalue weighted by molar-refractivity contribution is 8.14. The van der Waals surface area contributed by atoms with E-state index in [1.165, 1.54) is 11.8 Å². The minimum absolute atomic E-state index is 0.0767. The maximum absolute atomic E-state index is 13.4. The van der Waals surface area contributed by atoms with Gasteiger partial charge in [0.25, 0.3) is 5.24 Å². The first kappa shape index (κ1) is 21.3. The third kappa shape index (κ3) is 3.95. The van der Waals surface area contributed by atoms with Crippen LogP contribution in [0.4, 0.5) is 4.79 Å². The zero-order valence-corrected chi connectivity index (χ0v) is 18.1. The SMILES string of the molecule is CC(C)(C)[C@@H](O)[C@@](C)(SC(=O)N1C(C)(C)COC1(C)C)c1ccccc1. The molecular formula is C21H33NO3S. The fraction of sp³-hybridized carbons (Fsp3) is 0.667. The molecule has 0 radical (unpaired) electrons. The lowest BCUT2D eigenvalue weighted by Crippen LogP contribution is -2.53. The Kier molecular flexibility index (Phi) is 5.60. The van der Waals surface area contributed by atoms with Gasteiger partial charge in [-0.2, -0.15) is 0 Å². The molecule has 1 aliphatic rings. The molecule has 0 aliphatic carbocycles. The van der Waals surface area contributed by atoms with E-state index >= 15 is 0 Å². The molecule has 1 aliphatic heterocycles. The molecule has 5 heteroatoms. The van der Waals surface area contributed by atoms with Crippen LogP contribution < -0.4 is 0 Å². The van der Waals surface area contributed by atoms with Crippen molar-refractivity contribution in [3.63, 3.8) is 0 Å². The Labute approximate surface area is 162 Å². The van der Waals surface area contributed by atoms with Gasteiger partial charge in [0, 0.05) is 0 Å². The van der Waals surface area contributed by atoms with Gasteiger partial charge in [-0.05, 0) is 45.6 Å². The number of ether oxygens (including phenoxy) is 1. The molecule has 146 valence electrons. The van der Waals surface area contributed by atoms with Crippen LogP contribution in [-0.4, -0.2) is 39.2 Å². The molecule has 0 saturated carbocycles. The summed E-state index contributed by atoms with van der Waals surface area (Å²) in [6.07, 6.45) is -0.707. The lowest BCUT2D eigenvalue weighted by molar-refractivity contribution is -0.0301. The largest absolute Gasteiger partial charge is 0.391 e. The van der Waals surface area contributed by atoms with E-state index in [9.17, 15) is 9.90 Å². The smallest absolute Gasteiger partial charge is 0.285 e. The summed E-state index contributed by atoms with van der Waals surface area (Å²) in [4.78, 5) is 15.2. The maximum Gasteiger partial charge on any atom is 0.285 e. The predicted molar refractivity (Wildman–Crippen MR) is 108 cm³/mol.